The summed E-state index contributed by atoms with van der Waals surface area (Å²) in [5.74, 6) is 0.950. The molecular weight excluding hydrogens is 306 g/mol. The van der Waals surface area contributed by atoms with Crippen LogP contribution in [0.3, 0.4) is 0 Å². The molecular formula is C14H14ClN5O2. The monoisotopic (exact) mass is 319 g/mol. The van der Waals surface area contributed by atoms with Crippen LogP contribution in [-0.4, -0.2) is 22.1 Å². The molecule has 3 rings (SSSR count). The minimum absolute atomic E-state index is 0.0669. The van der Waals surface area contributed by atoms with Gasteiger partial charge in [-0.25, -0.2) is 0 Å². The molecule has 0 aliphatic heterocycles. The zero-order valence-corrected chi connectivity index (χ0v) is 12.8. The van der Waals surface area contributed by atoms with Gasteiger partial charge in [-0.05, 0) is 19.1 Å². The molecule has 2 heterocycles. The molecule has 114 valence electrons. The normalized spacial score (nSPS) is 12.3. The Labute approximate surface area is 131 Å². The summed E-state index contributed by atoms with van der Waals surface area (Å²) >= 11 is 6.37. The Morgan fingerprint density at radius 2 is 2.05 bits per heavy atom. The molecule has 3 N–H and O–H groups in total. The van der Waals surface area contributed by atoms with Crippen molar-refractivity contribution in [1.82, 2.24) is 15.0 Å². The number of hydrogen-bond donors (Lipinski definition) is 2. The van der Waals surface area contributed by atoms with Gasteiger partial charge in [-0.2, -0.15) is 15.0 Å². The van der Waals surface area contributed by atoms with Crippen LogP contribution in [-0.2, 0) is 0 Å². The first-order valence-corrected chi connectivity index (χ1v) is 6.95. The molecule has 0 aliphatic carbocycles. The van der Waals surface area contributed by atoms with Gasteiger partial charge in [0.05, 0.1) is 18.2 Å². The first-order chi connectivity index (χ1) is 10.6. The van der Waals surface area contributed by atoms with Crippen LogP contribution in [0.1, 0.15) is 18.7 Å². The van der Waals surface area contributed by atoms with E-state index in [9.17, 15) is 0 Å². The fraction of sp³-hybridized carbons (Fsp3) is 0.214. The number of nitrogens with two attached hydrogens (primary N) is 1. The molecule has 0 radical (unpaired) electrons. The minimum Gasteiger partial charge on any atom is -0.467 e. The lowest BCUT2D eigenvalue weighted by molar-refractivity contribution is 0.379. The standard InChI is InChI=1S/C14H14ClN5O2/c1-7(17-13-18-12(16)19-14(20-13)21-2)11-10(15)8-5-3-4-6-9(8)22-11/h3-7H,1-2H3,(H3,16,17,18,19,20). The van der Waals surface area contributed by atoms with Crippen LogP contribution < -0.4 is 15.8 Å². The van der Waals surface area contributed by atoms with E-state index in [-0.39, 0.29) is 23.9 Å². The van der Waals surface area contributed by atoms with Crippen molar-refractivity contribution in [3.8, 4) is 6.01 Å². The number of fused-ring (bicyclic) bond motifs is 1. The van der Waals surface area contributed by atoms with E-state index in [1.54, 1.807) is 0 Å². The number of aromatic nitrogens is 3. The highest BCUT2D eigenvalue weighted by atomic mass is 35.5. The fourth-order valence-electron chi connectivity index (χ4n) is 2.10. The van der Waals surface area contributed by atoms with E-state index >= 15 is 0 Å². The van der Waals surface area contributed by atoms with Crippen LogP contribution in [0.2, 0.25) is 5.02 Å². The van der Waals surface area contributed by atoms with Crippen molar-refractivity contribution in [1.29, 1.82) is 0 Å². The first-order valence-electron chi connectivity index (χ1n) is 6.57. The van der Waals surface area contributed by atoms with E-state index in [4.69, 9.17) is 26.5 Å². The van der Waals surface area contributed by atoms with Crippen LogP contribution >= 0.6 is 11.6 Å². The summed E-state index contributed by atoms with van der Waals surface area (Å²) in [6.07, 6.45) is 0. The zero-order chi connectivity index (χ0) is 15.7. The van der Waals surface area contributed by atoms with E-state index in [1.807, 2.05) is 31.2 Å². The molecule has 0 bridgehead atoms. The SMILES string of the molecule is COc1nc(N)nc(NC(C)c2oc3ccccc3c2Cl)n1. The highest BCUT2D eigenvalue weighted by Crippen LogP contribution is 2.35. The van der Waals surface area contributed by atoms with Crippen LogP contribution in [0.25, 0.3) is 11.0 Å². The molecule has 3 aromatic rings. The van der Waals surface area contributed by atoms with Gasteiger partial charge < -0.3 is 20.2 Å². The summed E-state index contributed by atoms with van der Waals surface area (Å²) in [4.78, 5) is 11.9. The number of furan rings is 1. The number of nitrogens with zero attached hydrogens (tertiary/aromatic N) is 3. The number of rotatable bonds is 4. The fourth-order valence-corrected chi connectivity index (χ4v) is 2.46. The van der Waals surface area contributed by atoms with Crippen LogP contribution in [0.4, 0.5) is 11.9 Å². The summed E-state index contributed by atoms with van der Waals surface area (Å²) in [7, 11) is 1.46. The number of ether oxygens (including phenoxy) is 1. The predicted octanol–water partition coefficient (Wildman–Crippen LogP) is 3.04. The van der Waals surface area contributed by atoms with Gasteiger partial charge in [0.25, 0.3) is 0 Å². The Balaban J connectivity index is 1.91. The molecule has 0 saturated carbocycles. The zero-order valence-electron chi connectivity index (χ0n) is 12.0. The summed E-state index contributed by atoms with van der Waals surface area (Å²) < 4.78 is 10.8. The van der Waals surface area contributed by atoms with Crippen LogP contribution in [0, 0.1) is 0 Å². The second-order valence-electron chi connectivity index (χ2n) is 4.65. The summed E-state index contributed by atoms with van der Waals surface area (Å²) in [5.41, 5.74) is 6.33. The van der Waals surface area contributed by atoms with Crippen molar-refractivity contribution >= 4 is 34.5 Å². The van der Waals surface area contributed by atoms with Gasteiger partial charge in [0.2, 0.25) is 11.9 Å². The van der Waals surface area contributed by atoms with Gasteiger partial charge in [-0.3, -0.25) is 0 Å². The molecule has 1 atom stereocenters. The van der Waals surface area contributed by atoms with E-state index in [0.29, 0.717) is 10.8 Å². The Kier molecular flexibility index (Phi) is 3.72. The highest BCUT2D eigenvalue weighted by molar-refractivity contribution is 6.36. The molecule has 0 amide bonds. The van der Waals surface area contributed by atoms with Gasteiger partial charge >= 0.3 is 6.01 Å². The largest absolute Gasteiger partial charge is 0.467 e. The Hall–Kier alpha value is -2.54. The third kappa shape index (κ3) is 2.62. The molecule has 1 unspecified atom stereocenters. The molecule has 1 aromatic carbocycles. The number of anilines is 2. The van der Waals surface area contributed by atoms with E-state index < -0.39 is 0 Å². The van der Waals surface area contributed by atoms with E-state index in [0.717, 1.165) is 11.0 Å². The number of nitrogen functional groups attached to an aromatic ring is 1. The lowest BCUT2D eigenvalue weighted by Crippen LogP contribution is -2.11. The number of nitrogens with one attached hydrogen (secondary N) is 1. The maximum atomic E-state index is 6.37. The smallest absolute Gasteiger partial charge is 0.322 e. The second kappa shape index (κ2) is 5.69. The van der Waals surface area contributed by atoms with Crippen molar-refractivity contribution in [2.45, 2.75) is 13.0 Å². The minimum atomic E-state index is -0.258. The molecule has 8 heteroatoms. The maximum absolute atomic E-state index is 6.37. The molecule has 0 fully saturated rings. The average Bonchev–Trinajstić information content (AvgIpc) is 2.84. The van der Waals surface area contributed by atoms with Crippen LogP contribution in [0.5, 0.6) is 6.01 Å². The van der Waals surface area contributed by atoms with Crippen molar-refractivity contribution in [2.24, 2.45) is 0 Å². The molecule has 0 saturated heterocycles. The quantitative estimate of drug-likeness (QED) is 0.762. The second-order valence-corrected chi connectivity index (χ2v) is 5.02. The molecule has 7 nitrogen and oxygen atoms in total. The Bertz CT molecular complexity index is 820. The van der Waals surface area contributed by atoms with Crippen LogP contribution in [0.15, 0.2) is 28.7 Å². The third-order valence-electron chi connectivity index (χ3n) is 3.11. The molecule has 0 aliphatic rings. The first kappa shape index (κ1) is 14.4. The molecule has 0 spiro atoms. The van der Waals surface area contributed by atoms with Gasteiger partial charge in [-0.15, -0.1) is 0 Å². The summed E-state index contributed by atoms with van der Waals surface area (Å²) in [6, 6.07) is 7.44. The van der Waals surface area contributed by atoms with Crippen molar-refractivity contribution in [3.63, 3.8) is 0 Å². The predicted molar refractivity (Wildman–Crippen MR) is 84.1 cm³/mol. The summed E-state index contributed by atoms with van der Waals surface area (Å²) in [5, 5.41) is 4.50. The highest BCUT2D eigenvalue weighted by Gasteiger charge is 2.19. The number of hydrogen-bond acceptors (Lipinski definition) is 7. The number of halogens is 1. The Morgan fingerprint density at radius 1 is 1.27 bits per heavy atom. The lowest BCUT2D eigenvalue weighted by atomic mass is 10.2. The lowest BCUT2D eigenvalue weighted by Gasteiger charge is -2.12. The maximum Gasteiger partial charge on any atom is 0.322 e. The molecule has 2 aromatic heterocycles. The average molecular weight is 320 g/mol. The summed E-state index contributed by atoms with van der Waals surface area (Å²) in [6.45, 7) is 1.88. The Morgan fingerprint density at radius 3 is 2.77 bits per heavy atom. The third-order valence-corrected chi connectivity index (χ3v) is 3.50. The number of benzene rings is 1. The van der Waals surface area contributed by atoms with Gasteiger partial charge in [-0.1, -0.05) is 23.7 Å². The van der Waals surface area contributed by atoms with Crippen molar-refractivity contribution in [3.05, 3.63) is 35.0 Å². The van der Waals surface area contributed by atoms with Crippen molar-refractivity contribution in [2.75, 3.05) is 18.2 Å². The van der Waals surface area contributed by atoms with Gasteiger partial charge in [0.1, 0.15) is 11.3 Å². The number of methoxy groups -OCH3 is 1. The topological polar surface area (TPSA) is 99.1 Å². The molecule has 22 heavy (non-hydrogen) atoms. The van der Waals surface area contributed by atoms with E-state index in [2.05, 4.69) is 20.3 Å². The van der Waals surface area contributed by atoms with Gasteiger partial charge in [0, 0.05) is 5.39 Å². The van der Waals surface area contributed by atoms with E-state index in [1.165, 1.54) is 7.11 Å². The number of para-hydroxylation sites is 1. The van der Waals surface area contributed by atoms with Crippen molar-refractivity contribution < 1.29 is 9.15 Å². The van der Waals surface area contributed by atoms with Gasteiger partial charge in [0.15, 0.2) is 0 Å².